The predicted molar refractivity (Wildman–Crippen MR) is 91.1 cm³/mol. The number of ether oxygens (including phenoxy) is 1. The van der Waals surface area contributed by atoms with Crippen LogP contribution in [0.15, 0.2) is 43.0 Å². The van der Waals surface area contributed by atoms with Crippen LogP contribution in [0.3, 0.4) is 0 Å². The number of hydrogen-bond acceptors (Lipinski definition) is 5. The van der Waals surface area contributed by atoms with Gasteiger partial charge in [0.2, 0.25) is 0 Å². The molecule has 2 heterocycles. The van der Waals surface area contributed by atoms with Gasteiger partial charge in [0.15, 0.2) is 11.6 Å². The van der Waals surface area contributed by atoms with Crippen molar-refractivity contribution >= 4 is 11.6 Å². The zero-order valence-corrected chi connectivity index (χ0v) is 14.1. The van der Waals surface area contributed by atoms with E-state index in [9.17, 15) is 4.39 Å². The lowest BCUT2D eigenvalue weighted by Gasteiger charge is -2.08. The van der Waals surface area contributed by atoms with Crippen LogP contribution >= 0.6 is 11.6 Å². The monoisotopic (exact) mass is 356 g/mol. The van der Waals surface area contributed by atoms with Gasteiger partial charge in [-0.05, 0) is 47.6 Å². The SMILES string of the molecule is COc1cc([C@@H]2C[C@H]2c2cnc(-c3ncccn3)nc2)cc(F)c1Cl. The summed E-state index contributed by atoms with van der Waals surface area (Å²) in [5.74, 6) is 1.34. The largest absolute Gasteiger partial charge is 0.495 e. The van der Waals surface area contributed by atoms with Gasteiger partial charge in [0.25, 0.3) is 0 Å². The summed E-state index contributed by atoms with van der Waals surface area (Å²) >= 11 is 5.89. The van der Waals surface area contributed by atoms with Crippen LogP contribution in [0.4, 0.5) is 4.39 Å². The Labute approximate surface area is 148 Å². The van der Waals surface area contributed by atoms with Gasteiger partial charge in [-0.25, -0.2) is 24.3 Å². The molecule has 25 heavy (non-hydrogen) atoms. The quantitative estimate of drug-likeness (QED) is 0.707. The lowest BCUT2D eigenvalue weighted by molar-refractivity contribution is 0.411. The fourth-order valence-electron chi connectivity index (χ4n) is 2.94. The van der Waals surface area contributed by atoms with Crippen LogP contribution in [0.2, 0.25) is 5.02 Å². The zero-order valence-electron chi connectivity index (χ0n) is 13.4. The smallest absolute Gasteiger partial charge is 0.197 e. The average molecular weight is 357 g/mol. The standard InChI is InChI=1S/C18H14ClFN4O/c1-25-15-6-10(5-14(20)16(15)19)12-7-13(12)11-8-23-18(24-9-11)17-21-3-2-4-22-17/h2-6,8-9,12-13H,7H2,1H3/t12-,13-/m0/s1. The third-order valence-electron chi connectivity index (χ3n) is 4.32. The molecule has 0 saturated heterocycles. The third-order valence-corrected chi connectivity index (χ3v) is 4.69. The molecule has 5 nitrogen and oxygen atoms in total. The Balaban J connectivity index is 1.55. The van der Waals surface area contributed by atoms with E-state index in [1.54, 1.807) is 36.9 Å². The molecule has 126 valence electrons. The Morgan fingerprint density at radius 2 is 1.64 bits per heavy atom. The summed E-state index contributed by atoms with van der Waals surface area (Å²) in [6.45, 7) is 0. The predicted octanol–water partition coefficient (Wildman–Crippen LogP) is 4.01. The van der Waals surface area contributed by atoms with Crippen molar-refractivity contribution in [3.63, 3.8) is 0 Å². The molecular weight excluding hydrogens is 343 g/mol. The van der Waals surface area contributed by atoms with Crippen LogP contribution in [0.25, 0.3) is 11.6 Å². The van der Waals surface area contributed by atoms with Crippen LogP contribution in [-0.4, -0.2) is 27.0 Å². The van der Waals surface area contributed by atoms with Crippen LogP contribution < -0.4 is 4.74 Å². The van der Waals surface area contributed by atoms with Crippen molar-refractivity contribution in [2.45, 2.75) is 18.3 Å². The number of benzene rings is 1. The highest BCUT2D eigenvalue weighted by molar-refractivity contribution is 6.32. The van der Waals surface area contributed by atoms with E-state index in [0.29, 0.717) is 17.4 Å². The fourth-order valence-corrected chi connectivity index (χ4v) is 3.12. The molecule has 2 atom stereocenters. The molecule has 0 radical (unpaired) electrons. The minimum Gasteiger partial charge on any atom is -0.495 e. The lowest BCUT2D eigenvalue weighted by Crippen LogP contribution is -1.96. The molecule has 1 saturated carbocycles. The second-order valence-corrected chi connectivity index (χ2v) is 6.26. The highest BCUT2D eigenvalue weighted by Crippen LogP contribution is 2.55. The first-order valence-corrected chi connectivity index (χ1v) is 8.17. The Morgan fingerprint density at radius 3 is 2.32 bits per heavy atom. The van der Waals surface area contributed by atoms with Gasteiger partial charge in [-0.15, -0.1) is 0 Å². The molecular formula is C18H14ClFN4O. The molecule has 0 amide bonds. The highest BCUT2D eigenvalue weighted by atomic mass is 35.5. The summed E-state index contributed by atoms with van der Waals surface area (Å²) in [6, 6.07) is 5.01. The van der Waals surface area contributed by atoms with Gasteiger partial charge < -0.3 is 4.74 Å². The molecule has 3 aromatic rings. The first-order chi connectivity index (χ1) is 12.2. The van der Waals surface area contributed by atoms with E-state index in [4.69, 9.17) is 16.3 Å². The van der Waals surface area contributed by atoms with Gasteiger partial charge in [-0.3, -0.25) is 0 Å². The Kier molecular flexibility index (Phi) is 4.05. The van der Waals surface area contributed by atoms with Gasteiger partial charge in [-0.2, -0.15) is 0 Å². The third kappa shape index (κ3) is 3.05. The average Bonchev–Trinajstić information content (AvgIpc) is 3.45. The Morgan fingerprint density at radius 1 is 1.00 bits per heavy atom. The van der Waals surface area contributed by atoms with Crippen molar-refractivity contribution in [2.75, 3.05) is 7.11 Å². The summed E-state index contributed by atoms with van der Waals surface area (Å²) < 4.78 is 19.1. The maximum atomic E-state index is 13.9. The second-order valence-electron chi connectivity index (χ2n) is 5.88. The Hall–Kier alpha value is -2.60. The molecule has 1 fully saturated rings. The summed E-state index contributed by atoms with van der Waals surface area (Å²) in [6.07, 6.45) is 7.78. The van der Waals surface area contributed by atoms with E-state index < -0.39 is 5.82 Å². The molecule has 4 rings (SSSR count). The van der Waals surface area contributed by atoms with Crippen LogP contribution in [0.1, 0.15) is 29.4 Å². The maximum Gasteiger partial charge on any atom is 0.197 e. The van der Waals surface area contributed by atoms with Gasteiger partial charge in [0.1, 0.15) is 16.6 Å². The first kappa shape index (κ1) is 15.9. The van der Waals surface area contributed by atoms with Crippen molar-refractivity contribution in [3.05, 3.63) is 65.0 Å². The number of rotatable bonds is 4. The molecule has 0 unspecified atom stereocenters. The van der Waals surface area contributed by atoms with E-state index in [2.05, 4.69) is 19.9 Å². The van der Waals surface area contributed by atoms with Crippen molar-refractivity contribution in [1.82, 2.24) is 19.9 Å². The molecule has 0 aliphatic heterocycles. The molecule has 7 heteroatoms. The van der Waals surface area contributed by atoms with E-state index in [-0.39, 0.29) is 16.9 Å². The summed E-state index contributed by atoms with van der Waals surface area (Å²) in [4.78, 5) is 17.0. The summed E-state index contributed by atoms with van der Waals surface area (Å²) in [7, 11) is 1.48. The number of halogens is 2. The van der Waals surface area contributed by atoms with Gasteiger partial charge in [-0.1, -0.05) is 11.6 Å². The number of methoxy groups -OCH3 is 1. The minimum atomic E-state index is -0.463. The van der Waals surface area contributed by atoms with Crippen LogP contribution in [0, 0.1) is 5.82 Å². The molecule has 2 aromatic heterocycles. The van der Waals surface area contributed by atoms with E-state index in [1.165, 1.54) is 13.2 Å². The normalized spacial score (nSPS) is 18.8. The number of aromatic nitrogens is 4. The lowest BCUT2D eigenvalue weighted by atomic mass is 10.1. The zero-order chi connectivity index (χ0) is 17.4. The molecule has 0 bridgehead atoms. The van der Waals surface area contributed by atoms with Crippen molar-refractivity contribution in [3.8, 4) is 17.4 Å². The number of nitrogens with zero attached hydrogens (tertiary/aromatic N) is 4. The topological polar surface area (TPSA) is 60.8 Å². The summed E-state index contributed by atoms with van der Waals surface area (Å²) in [5, 5.41) is 0.0130. The van der Waals surface area contributed by atoms with E-state index in [1.807, 2.05) is 0 Å². The minimum absolute atomic E-state index is 0.0130. The fraction of sp³-hybridized carbons (Fsp3) is 0.222. The molecule has 0 spiro atoms. The van der Waals surface area contributed by atoms with Crippen molar-refractivity contribution < 1.29 is 9.13 Å². The van der Waals surface area contributed by atoms with Gasteiger partial charge >= 0.3 is 0 Å². The maximum absolute atomic E-state index is 13.9. The molecule has 1 aromatic carbocycles. The van der Waals surface area contributed by atoms with Crippen LogP contribution in [0.5, 0.6) is 5.75 Å². The van der Waals surface area contributed by atoms with Crippen LogP contribution in [-0.2, 0) is 0 Å². The molecule has 1 aliphatic rings. The van der Waals surface area contributed by atoms with E-state index >= 15 is 0 Å². The van der Waals surface area contributed by atoms with Gasteiger partial charge in [0.05, 0.1) is 7.11 Å². The van der Waals surface area contributed by atoms with E-state index in [0.717, 1.165) is 17.5 Å². The van der Waals surface area contributed by atoms with Crippen molar-refractivity contribution in [1.29, 1.82) is 0 Å². The Bertz CT molecular complexity index is 905. The second kappa shape index (κ2) is 6.37. The molecule has 0 N–H and O–H groups in total. The first-order valence-electron chi connectivity index (χ1n) is 7.79. The summed E-state index contributed by atoms with van der Waals surface area (Å²) in [5.41, 5.74) is 1.89. The highest BCUT2D eigenvalue weighted by Gasteiger charge is 2.40. The van der Waals surface area contributed by atoms with Crippen molar-refractivity contribution in [2.24, 2.45) is 0 Å². The van der Waals surface area contributed by atoms with Gasteiger partial charge in [0, 0.05) is 24.8 Å². The number of hydrogen-bond donors (Lipinski definition) is 0. The molecule has 1 aliphatic carbocycles.